The molecule has 1 aromatic heterocycles. The molecule has 0 fully saturated rings. The van der Waals surface area contributed by atoms with Crippen LogP contribution in [0.1, 0.15) is 45.7 Å². The van der Waals surface area contributed by atoms with Gasteiger partial charge in [0.1, 0.15) is 0 Å². The third-order valence-electron chi connectivity index (χ3n) is 2.20. The summed E-state index contributed by atoms with van der Waals surface area (Å²) in [5.74, 6) is 0. The molecular formula is C14H24N2S. The summed E-state index contributed by atoms with van der Waals surface area (Å²) in [4.78, 5) is 4.56. The minimum absolute atomic E-state index is 0.218. The second-order valence-corrected chi connectivity index (χ2v) is 7.53. The van der Waals surface area contributed by atoms with Crippen molar-refractivity contribution in [2.24, 2.45) is 0 Å². The second kappa shape index (κ2) is 5.87. The molecule has 1 aromatic rings. The van der Waals surface area contributed by atoms with Crippen LogP contribution in [0.2, 0.25) is 0 Å². The summed E-state index contributed by atoms with van der Waals surface area (Å²) in [6, 6.07) is 2.75. The van der Waals surface area contributed by atoms with Gasteiger partial charge >= 0.3 is 0 Å². The number of aromatic nitrogens is 1. The van der Waals surface area contributed by atoms with E-state index in [4.69, 9.17) is 0 Å². The fraction of sp³-hybridized carbons (Fsp3) is 0.643. The first kappa shape index (κ1) is 14.5. The third kappa shape index (κ3) is 5.55. The molecule has 0 aliphatic rings. The summed E-state index contributed by atoms with van der Waals surface area (Å²) >= 11 is 1.83. The number of thioether (sulfide) groups is 1. The van der Waals surface area contributed by atoms with Crippen LogP contribution < -0.4 is 5.32 Å². The molecule has 0 unspecified atom stereocenters. The molecule has 1 rings (SSSR count). The summed E-state index contributed by atoms with van der Waals surface area (Å²) in [7, 11) is 0. The van der Waals surface area contributed by atoms with Gasteiger partial charge in [0.15, 0.2) is 0 Å². The predicted molar refractivity (Wildman–Crippen MR) is 76.6 cm³/mol. The van der Waals surface area contributed by atoms with Crippen LogP contribution >= 0.6 is 11.8 Å². The first-order valence-electron chi connectivity index (χ1n) is 6.16. The van der Waals surface area contributed by atoms with Crippen molar-refractivity contribution < 1.29 is 0 Å². The number of hydrogen-bond donors (Lipinski definition) is 1. The quantitative estimate of drug-likeness (QED) is 0.826. The first-order chi connectivity index (χ1) is 7.78. The monoisotopic (exact) mass is 252 g/mol. The lowest BCUT2D eigenvalue weighted by molar-refractivity contribution is 0.587. The zero-order chi connectivity index (χ0) is 13.1. The Bertz CT molecular complexity index is 367. The maximum absolute atomic E-state index is 4.56. The lowest BCUT2D eigenvalue weighted by atomic mass is 10.2. The Balaban J connectivity index is 2.72. The molecule has 2 nitrogen and oxygen atoms in total. The van der Waals surface area contributed by atoms with Crippen LogP contribution in [0.25, 0.3) is 0 Å². The van der Waals surface area contributed by atoms with Crippen molar-refractivity contribution in [2.45, 2.75) is 63.9 Å². The van der Waals surface area contributed by atoms with E-state index in [1.807, 2.05) is 18.0 Å². The van der Waals surface area contributed by atoms with E-state index in [0.717, 1.165) is 11.6 Å². The van der Waals surface area contributed by atoms with Crippen molar-refractivity contribution in [3.05, 3.63) is 23.4 Å². The van der Waals surface area contributed by atoms with Gasteiger partial charge in [-0.25, -0.2) is 4.98 Å². The molecule has 0 aliphatic carbocycles. The first-order valence-corrected chi connectivity index (χ1v) is 6.97. The summed E-state index contributed by atoms with van der Waals surface area (Å²) in [5.41, 5.74) is 2.53. The van der Waals surface area contributed by atoms with Gasteiger partial charge in [-0.15, -0.1) is 11.8 Å². The van der Waals surface area contributed by atoms with Crippen molar-refractivity contribution in [1.82, 2.24) is 10.3 Å². The van der Waals surface area contributed by atoms with Crippen LogP contribution in [-0.4, -0.2) is 15.8 Å². The van der Waals surface area contributed by atoms with Crippen LogP contribution in [0.15, 0.2) is 17.3 Å². The maximum atomic E-state index is 4.56. The number of aryl methyl sites for hydroxylation is 1. The minimum Gasteiger partial charge on any atom is -0.310 e. The number of pyridine rings is 1. The van der Waals surface area contributed by atoms with E-state index in [2.05, 4.69) is 57.9 Å². The molecule has 96 valence electrons. The molecule has 3 heteroatoms. The van der Waals surface area contributed by atoms with E-state index in [-0.39, 0.29) is 4.75 Å². The fourth-order valence-electron chi connectivity index (χ4n) is 1.44. The number of hydrogen-bond acceptors (Lipinski definition) is 3. The van der Waals surface area contributed by atoms with E-state index >= 15 is 0 Å². The zero-order valence-electron chi connectivity index (χ0n) is 11.8. The van der Waals surface area contributed by atoms with Crippen LogP contribution in [0.5, 0.6) is 0 Å². The molecule has 0 saturated heterocycles. The van der Waals surface area contributed by atoms with E-state index in [1.165, 1.54) is 11.1 Å². The van der Waals surface area contributed by atoms with Crippen LogP contribution in [0.3, 0.4) is 0 Å². The third-order valence-corrected chi connectivity index (χ3v) is 3.44. The molecule has 0 amide bonds. The molecule has 0 saturated carbocycles. The van der Waals surface area contributed by atoms with Gasteiger partial charge in [-0.05, 0) is 18.1 Å². The highest BCUT2D eigenvalue weighted by Gasteiger charge is 2.14. The molecule has 1 N–H and O–H groups in total. The Hall–Kier alpha value is -0.540. The molecule has 1 heterocycles. The summed E-state index contributed by atoms with van der Waals surface area (Å²) in [6.07, 6.45) is 1.98. The average Bonchev–Trinajstić information content (AvgIpc) is 2.17. The minimum atomic E-state index is 0.218. The van der Waals surface area contributed by atoms with Crippen LogP contribution in [0, 0.1) is 6.92 Å². The molecular weight excluding hydrogens is 228 g/mol. The van der Waals surface area contributed by atoms with Crippen molar-refractivity contribution in [3.63, 3.8) is 0 Å². The van der Waals surface area contributed by atoms with Crippen LogP contribution in [0.4, 0.5) is 0 Å². The molecule has 0 spiro atoms. The Morgan fingerprint density at radius 3 is 2.47 bits per heavy atom. The van der Waals surface area contributed by atoms with E-state index < -0.39 is 0 Å². The fourth-order valence-corrected chi connectivity index (χ4v) is 2.34. The van der Waals surface area contributed by atoms with Crippen molar-refractivity contribution in [3.8, 4) is 0 Å². The Morgan fingerprint density at radius 2 is 2.00 bits per heavy atom. The topological polar surface area (TPSA) is 24.9 Å². The van der Waals surface area contributed by atoms with E-state index in [1.54, 1.807) is 0 Å². The van der Waals surface area contributed by atoms with Gasteiger partial charge < -0.3 is 5.32 Å². The van der Waals surface area contributed by atoms with Gasteiger partial charge in [-0.3, -0.25) is 0 Å². The molecule has 0 radical (unpaired) electrons. The second-order valence-electron chi connectivity index (χ2n) is 5.72. The summed E-state index contributed by atoms with van der Waals surface area (Å²) < 4.78 is 0.218. The normalized spacial score (nSPS) is 12.2. The Morgan fingerprint density at radius 1 is 1.35 bits per heavy atom. The van der Waals surface area contributed by atoms with Gasteiger partial charge in [0.2, 0.25) is 0 Å². The average molecular weight is 252 g/mol. The van der Waals surface area contributed by atoms with E-state index in [0.29, 0.717) is 6.04 Å². The summed E-state index contributed by atoms with van der Waals surface area (Å²) in [6.45, 7) is 14.0. The highest BCUT2D eigenvalue weighted by Crippen LogP contribution is 2.32. The van der Waals surface area contributed by atoms with Gasteiger partial charge in [0, 0.05) is 23.5 Å². The highest BCUT2D eigenvalue weighted by molar-refractivity contribution is 8.00. The molecule has 0 bridgehead atoms. The predicted octanol–water partition coefficient (Wildman–Crippen LogP) is 3.78. The van der Waals surface area contributed by atoms with Gasteiger partial charge in [-0.2, -0.15) is 0 Å². The van der Waals surface area contributed by atoms with Crippen molar-refractivity contribution in [1.29, 1.82) is 0 Å². The SMILES string of the molecule is Cc1cc(CNC(C)C)cnc1SC(C)(C)C. The van der Waals surface area contributed by atoms with Gasteiger partial charge in [0.05, 0.1) is 5.03 Å². The standard InChI is InChI=1S/C14H24N2S/c1-10(2)15-8-12-7-11(3)13(16-9-12)17-14(4,5)6/h7,9-10,15H,8H2,1-6H3. The largest absolute Gasteiger partial charge is 0.310 e. The lowest BCUT2D eigenvalue weighted by Crippen LogP contribution is -2.22. The van der Waals surface area contributed by atoms with Gasteiger partial charge in [-0.1, -0.05) is 40.7 Å². The number of nitrogens with one attached hydrogen (secondary N) is 1. The highest BCUT2D eigenvalue weighted by atomic mass is 32.2. The Kier molecular flexibility index (Phi) is 5.02. The van der Waals surface area contributed by atoms with E-state index in [9.17, 15) is 0 Å². The molecule has 0 atom stereocenters. The van der Waals surface area contributed by atoms with Crippen molar-refractivity contribution >= 4 is 11.8 Å². The smallest absolute Gasteiger partial charge is 0.0994 e. The van der Waals surface area contributed by atoms with Crippen LogP contribution in [-0.2, 0) is 6.54 Å². The molecule has 0 aromatic carbocycles. The number of nitrogens with zero attached hydrogens (tertiary/aromatic N) is 1. The zero-order valence-corrected chi connectivity index (χ0v) is 12.6. The van der Waals surface area contributed by atoms with Gasteiger partial charge in [0.25, 0.3) is 0 Å². The lowest BCUT2D eigenvalue weighted by Gasteiger charge is -2.18. The molecule has 17 heavy (non-hydrogen) atoms. The Labute approximate surface area is 110 Å². The number of rotatable bonds is 4. The van der Waals surface area contributed by atoms with Crippen molar-refractivity contribution in [2.75, 3.05) is 0 Å². The maximum Gasteiger partial charge on any atom is 0.0994 e. The summed E-state index contributed by atoms with van der Waals surface area (Å²) in [5, 5.41) is 4.55. The molecule has 0 aliphatic heterocycles.